The second kappa shape index (κ2) is 5.97. The third-order valence-corrected chi connectivity index (χ3v) is 4.26. The number of nitrogens with zero attached hydrogens (tertiary/aromatic N) is 1. The van der Waals surface area contributed by atoms with Crippen LogP contribution in [0.25, 0.3) is 0 Å². The predicted molar refractivity (Wildman–Crippen MR) is 75.7 cm³/mol. The van der Waals surface area contributed by atoms with Crippen LogP contribution in [-0.4, -0.2) is 15.5 Å². The van der Waals surface area contributed by atoms with E-state index in [4.69, 9.17) is 0 Å². The minimum Gasteiger partial charge on any atom is -0.246 e. The predicted octanol–water partition coefficient (Wildman–Crippen LogP) is 4.70. The van der Waals surface area contributed by atoms with Crippen LogP contribution in [0.2, 0.25) is 0 Å². The molecule has 0 aromatic carbocycles. The fourth-order valence-corrected chi connectivity index (χ4v) is 3.41. The van der Waals surface area contributed by atoms with Crippen LogP contribution in [0, 0.1) is 13.8 Å². The summed E-state index contributed by atoms with van der Waals surface area (Å²) in [6, 6.07) is 2.20. The lowest BCUT2D eigenvalue weighted by Crippen LogP contribution is -1.98. The maximum absolute atomic E-state index is 4.63. The van der Waals surface area contributed by atoms with Crippen LogP contribution in [0.5, 0.6) is 0 Å². The fraction of sp³-hybridized carbons (Fsp3) is 0.615. The maximum atomic E-state index is 4.63. The lowest BCUT2D eigenvalue weighted by atomic mass is 10.3. The van der Waals surface area contributed by atoms with Crippen molar-refractivity contribution in [3.8, 4) is 0 Å². The third-order valence-electron chi connectivity index (χ3n) is 2.02. The topological polar surface area (TPSA) is 12.9 Å². The van der Waals surface area contributed by atoms with E-state index in [0.29, 0.717) is 10.5 Å². The summed E-state index contributed by atoms with van der Waals surface area (Å²) in [7, 11) is 0. The Morgan fingerprint density at radius 1 is 1.00 bits per heavy atom. The molecule has 1 heterocycles. The van der Waals surface area contributed by atoms with Crippen molar-refractivity contribution in [3.63, 3.8) is 0 Å². The summed E-state index contributed by atoms with van der Waals surface area (Å²) in [6.07, 6.45) is 0. The van der Waals surface area contributed by atoms with Gasteiger partial charge in [-0.25, -0.2) is 4.98 Å². The zero-order chi connectivity index (χ0) is 12.3. The number of rotatable bonds is 4. The largest absolute Gasteiger partial charge is 0.246 e. The molecule has 1 rings (SSSR count). The molecule has 0 aliphatic rings. The monoisotopic (exact) mass is 255 g/mol. The van der Waals surface area contributed by atoms with Crippen molar-refractivity contribution < 1.29 is 0 Å². The molecule has 0 aliphatic carbocycles. The standard InChI is InChI=1S/C13H21NS2/c1-8(2)15-12-7-10(5)14-13(11(12)6)16-9(3)4/h7-9H,1-6H3. The summed E-state index contributed by atoms with van der Waals surface area (Å²) in [5.74, 6) is 0. The van der Waals surface area contributed by atoms with Gasteiger partial charge in [-0.3, -0.25) is 0 Å². The van der Waals surface area contributed by atoms with Crippen molar-refractivity contribution in [2.75, 3.05) is 0 Å². The van der Waals surface area contributed by atoms with E-state index >= 15 is 0 Å². The van der Waals surface area contributed by atoms with Crippen molar-refractivity contribution in [3.05, 3.63) is 17.3 Å². The average Bonchev–Trinajstić information content (AvgIpc) is 2.11. The minimum atomic E-state index is 0.588. The van der Waals surface area contributed by atoms with E-state index in [1.54, 1.807) is 0 Å². The van der Waals surface area contributed by atoms with E-state index in [0.717, 1.165) is 5.69 Å². The Hall–Kier alpha value is -0.150. The molecule has 16 heavy (non-hydrogen) atoms. The van der Waals surface area contributed by atoms with Crippen LogP contribution in [0.15, 0.2) is 16.0 Å². The highest BCUT2D eigenvalue weighted by molar-refractivity contribution is 8.00. The van der Waals surface area contributed by atoms with Crippen LogP contribution >= 0.6 is 23.5 Å². The van der Waals surface area contributed by atoms with Gasteiger partial charge >= 0.3 is 0 Å². The summed E-state index contributed by atoms with van der Waals surface area (Å²) in [6.45, 7) is 13.1. The molecule has 0 radical (unpaired) electrons. The van der Waals surface area contributed by atoms with Gasteiger partial charge in [0.25, 0.3) is 0 Å². The van der Waals surface area contributed by atoms with Crippen molar-refractivity contribution >= 4 is 23.5 Å². The van der Waals surface area contributed by atoms with Gasteiger partial charge in [-0.15, -0.1) is 23.5 Å². The summed E-state index contributed by atoms with van der Waals surface area (Å²) >= 11 is 3.78. The average molecular weight is 255 g/mol. The van der Waals surface area contributed by atoms with E-state index in [2.05, 4.69) is 52.6 Å². The fourth-order valence-electron chi connectivity index (χ4n) is 1.39. The Labute approximate surface area is 108 Å². The molecule has 1 nitrogen and oxygen atoms in total. The number of hydrogen-bond acceptors (Lipinski definition) is 3. The molecular weight excluding hydrogens is 234 g/mol. The Kier molecular flexibility index (Phi) is 5.19. The number of pyridine rings is 1. The second-order valence-electron chi connectivity index (χ2n) is 4.53. The normalized spacial score (nSPS) is 11.5. The van der Waals surface area contributed by atoms with Crippen LogP contribution in [0.1, 0.15) is 39.0 Å². The Morgan fingerprint density at radius 2 is 1.56 bits per heavy atom. The summed E-state index contributed by atoms with van der Waals surface area (Å²) in [5, 5.41) is 2.40. The third kappa shape index (κ3) is 4.02. The molecule has 0 N–H and O–H groups in total. The quantitative estimate of drug-likeness (QED) is 0.724. The van der Waals surface area contributed by atoms with Gasteiger partial charge in [-0.05, 0) is 25.5 Å². The van der Waals surface area contributed by atoms with Crippen LogP contribution in [0.3, 0.4) is 0 Å². The highest BCUT2D eigenvalue weighted by atomic mass is 32.2. The molecule has 0 amide bonds. The minimum absolute atomic E-state index is 0.588. The van der Waals surface area contributed by atoms with Crippen LogP contribution in [0.4, 0.5) is 0 Å². The first kappa shape index (κ1) is 13.9. The van der Waals surface area contributed by atoms with Gasteiger partial charge in [-0.1, -0.05) is 27.7 Å². The molecule has 0 aliphatic heterocycles. The molecule has 0 unspecified atom stereocenters. The molecule has 1 aromatic rings. The molecule has 0 fully saturated rings. The Morgan fingerprint density at radius 3 is 2.06 bits per heavy atom. The first-order valence-electron chi connectivity index (χ1n) is 5.71. The second-order valence-corrected chi connectivity index (χ2v) is 7.71. The molecule has 3 heteroatoms. The molecule has 1 aromatic heterocycles. The van der Waals surface area contributed by atoms with E-state index in [1.807, 2.05) is 23.5 Å². The Bertz CT molecular complexity index is 328. The first-order valence-corrected chi connectivity index (χ1v) is 7.47. The lowest BCUT2D eigenvalue weighted by Gasteiger charge is -2.14. The zero-order valence-electron chi connectivity index (χ0n) is 11.0. The molecule has 90 valence electrons. The van der Waals surface area contributed by atoms with E-state index in [-0.39, 0.29) is 0 Å². The van der Waals surface area contributed by atoms with Gasteiger partial charge in [0.15, 0.2) is 0 Å². The molecular formula is C13H21NS2. The number of hydrogen-bond donors (Lipinski definition) is 0. The SMILES string of the molecule is Cc1cc(SC(C)C)c(C)c(SC(C)C)n1. The maximum Gasteiger partial charge on any atom is 0.101 e. The molecule has 0 saturated carbocycles. The zero-order valence-corrected chi connectivity index (χ0v) is 12.6. The van der Waals surface area contributed by atoms with Crippen LogP contribution in [-0.2, 0) is 0 Å². The number of thioether (sulfide) groups is 2. The highest BCUT2D eigenvalue weighted by Gasteiger charge is 2.11. The molecule has 0 saturated heterocycles. The Balaban J connectivity index is 3.05. The van der Waals surface area contributed by atoms with Gasteiger partial charge in [0.05, 0.1) is 0 Å². The first-order chi connectivity index (χ1) is 7.40. The van der Waals surface area contributed by atoms with Crippen molar-refractivity contribution in [1.82, 2.24) is 4.98 Å². The van der Waals surface area contributed by atoms with E-state index in [9.17, 15) is 0 Å². The molecule has 0 bridgehead atoms. The molecule has 0 atom stereocenters. The van der Waals surface area contributed by atoms with Gasteiger partial charge in [-0.2, -0.15) is 0 Å². The van der Waals surface area contributed by atoms with Crippen molar-refractivity contribution in [2.45, 2.75) is 62.0 Å². The van der Waals surface area contributed by atoms with Gasteiger partial charge < -0.3 is 0 Å². The number of aryl methyl sites for hydroxylation is 1. The smallest absolute Gasteiger partial charge is 0.101 e. The van der Waals surface area contributed by atoms with Gasteiger partial charge in [0.1, 0.15) is 5.03 Å². The van der Waals surface area contributed by atoms with Crippen molar-refractivity contribution in [1.29, 1.82) is 0 Å². The van der Waals surface area contributed by atoms with E-state index in [1.165, 1.54) is 15.5 Å². The summed E-state index contributed by atoms with van der Waals surface area (Å²) in [4.78, 5) is 6.01. The number of aromatic nitrogens is 1. The van der Waals surface area contributed by atoms with Gasteiger partial charge in [0, 0.05) is 21.1 Å². The van der Waals surface area contributed by atoms with Crippen LogP contribution < -0.4 is 0 Å². The van der Waals surface area contributed by atoms with Crippen molar-refractivity contribution in [2.24, 2.45) is 0 Å². The summed E-state index contributed by atoms with van der Waals surface area (Å²) in [5.41, 5.74) is 2.46. The summed E-state index contributed by atoms with van der Waals surface area (Å²) < 4.78 is 0. The van der Waals surface area contributed by atoms with Gasteiger partial charge in [0.2, 0.25) is 0 Å². The van der Waals surface area contributed by atoms with E-state index < -0.39 is 0 Å². The lowest BCUT2D eigenvalue weighted by molar-refractivity contribution is 0.966. The molecule has 0 spiro atoms. The highest BCUT2D eigenvalue weighted by Crippen LogP contribution is 2.33.